The molecule has 0 aromatic heterocycles. The van der Waals surface area contributed by atoms with E-state index in [1.807, 2.05) is 18.2 Å². The molecule has 4 N–H and O–H groups in total. The molecule has 0 atom stereocenters. The Labute approximate surface area is 157 Å². The van der Waals surface area contributed by atoms with Crippen molar-refractivity contribution in [1.82, 2.24) is 10.6 Å². The minimum atomic E-state index is 0.679. The van der Waals surface area contributed by atoms with E-state index >= 15 is 0 Å². The van der Waals surface area contributed by atoms with Gasteiger partial charge in [0.05, 0.1) is 0 Å². The van der Waals surface area contributed by atoms with Crippen LogP contribution in [0.1, 0.15) is 16.7 Å². The number of halogens is 2. The summed E-state index contributed by atoms with van der Waals surface area (Å²) >= 11 is 9.51. The lowest BCUT2D eigenvalue weighted by Crippen LogP contribution is -2.30. The Morgan fingerprint density at radius 2 is 1.83 bits per heavy atom. The van der Waals surface area contributed by atoms with Gasteiger partial charge in [-0.1, -0.05) is 70.0 Å². The fourth-order valence-electron chi connectivity index (χ4n) is 2.27. The van der Waals surface area contributed by atoms with Crippen LogP contribution in [0.25, 0.3) is 12.2 Å². The van der Waals surface area contributed by atoms with Gasteiger partial charge in [-0.05, 0) is 28.8 Å². The Bertz CT molecular complexity index is 673. The number of benzene rings is 2. The molecule has 0 bridgehead atoms. The van der Waals surface area contributed by atoms with Gasteiger partial charge in [0.1, 0.15) is 0 Å². The first kappa shape index (κ1) is 19.2. The molecule has 2 rings (SSSR count). The molecule has 0 saturated heterocycles. The molecule has 0 aliphatic heterocycles. The Balaban J connectivity index is 1.89. The van der Waals surface area contributed by atoms with E-state index in [1.54, 1.807) is 0 Å². The van der Waals surface area contributed by atoms with E-state index in [9.17, 15) is 0 Å². The number of hydrogen-bond acceptors (Lipinski definition) is 3. The summed E-state index contributed by atoms with van der Waals surface area (Å²) in [5.41, 5.74) is 8.99. The third kappa shape index (κ3) is 6.75. The molecule has 0 spiro atoms. The van der Waals surface area contributed by atoms with E-state index in [4.69, 9.17) is 17.3 Å². The highest BCUT2D eigenvalue weighted by Crippen LogP contribution is 2.23. The Kier molecular flexibility index (Phi) is 8.50. The summed E-state index contributed by atoms with van der Waals surface area (Å²) in [6.07, 6.45) is 4.20. The highest BCUT2D eigenvalue weighted by molar-refractivity contribution is 9.10. The van der Waals surface area contributed by atoms with E-state index in [0.717, 1.165) is 41.2 Å². The van der Waals surface area contributed by atoms with Crippen LogP contribution in [0.2, 0.25) is 5.02 Å². The Morgan fingerprint density at radius 1 is 1.00 bits per heavy atom. The maximum absolute atomic E-state index is 5.97. The molecular weight excluding hydrogens is 386 g/mol. The van der Waals surface area contributed by atoms with Crippen molar-refractivity contribution >= 4 is 39.7 Å². The molecular formula is C19H23BrClN3. The van der Waals surface area contributed by atoms with Crippen molar-refractivity contribution in [1.29, 1.82) is 0 Å². The van der Waals surface area contributed by atoms with Crippen LogP contribution in [0.4, 0.5) is 0 Å². The summed E-state index contributed by atoms with van der Waals surface area (Å²) in [4.78, 5) is 0. The summed E-state index contributed by atoms with van der Waals surface area (Å²) < 4.78 is 0.994. The SMILES string of the molecule is NCCNCCNCc1cccc(C=Cc2ccc(Cl)cc2Br)c1. The third-order valence-electron chi connectivity index (χ3n) is 3.50. The topological polar surface area (TPSA) is 50.1 Å². The van der Waals surface area contributed by atoms with E-state index in [1.165, 1.54) is 11.1 Å². The zero-order valence-corrected chi connectivity index (χ0v) is 15.9. The lowest BCUT2D eigenvalue weighted by Gasteiger charge is -2.07. The van der Waals surface area contributed by atoms with E-state index < -0.39 is 0 Å². The molecule has 0 radical (unpaired) electrons. The normalized spacial score (nSPS) is 11.3. The van der Waals surface area contributed by atoms with Crippen LogP contribution < -0.4 is 16.4 Å². The molecule has 0 fully saturated rings. The fraction of sp³-hybridized carbons (Fsp3) is 0.263. The van der Waals surface area contributed by atoms with Crippen LogP contribution in [0.5, 0.6) is 0 Å². The first-order valence-corrected chi connectivity index (χ1v) is 9.20. The fourth-order valence-corrected chi connectivity index (χ4v) is 3.08. The minimum Gasteiger partial charge on any atom is -0.329 e. The molecule has 5 heteroatoms. The van der Waals surface area contributed by atoms with Crippen LogP contribution in [0, 0.1) is 0 Å². The lowest BCUT2D eigenvalue weighted by molar-refractivity contribution is 0.615. The van der Waals surface area contributed by atoms with Gasteiger partial charge < -0.3 is 16.4 Å². The second-order valence-electron chi connectivity index (χ2n) is 5.46. The maximum atomic E-state index is 5.97. The van der Waals surface area contributed by atoms with E-state index in [2.05, 4.69) is 63.0 Å². The van der Waals surface area contributed by atoms with Crippen molar-refractivity contribution < 1.29 is 0 Å². The van der Waals surface area contributed by atoms with Crippen molar-refractivity contribution in [2.75, 3.05) is 26.2 Å². The second kappa shape index (κ2) is 10.6. The van der Waals surface area contributed by atoms with E-state index in [-0.39, 0.29) is 0 Å². The average Bonchev–Trinajstić information content (AvgIpc) is 2.58. The number of nitrogens with one attached hydrogen (secondary N) is 2. The zero-order chi connectivity index (χ0) is 17.2. The molecule has 0 amide bonds. The molecule has 0 unspecified atom stereocenters. The summed E-state index contributed by atoms with van der Waals surface area (Å²) in [6.45, 7) is 4.26. The second-order valence-corrected chi connectivity index (χ2v) is 6.75. The summed E-state index contributed by atoms with van der Waals surface area (Å²) in [6, 6.07) is 14.3. The van der Waals surface area contributed by atoms with Gasteiger partial charge in [0, 0.05) is 42.2 Å². The van der Waals surface area contributed by atoms with Crippen LogP contribution in [-0.2, 0) is 6.54 Å². The average molecular weight is 409 g/mol. The Hall–Kier alpha value is -1.17. The first-order chi connectivity index (χ1) is 11.7. The predicted molar refractivity (Wildman–Crippen MR) is 108 cm³/mol. The van der Waals surface area contributed by atoms with E-state index in [0.29, 0.717) is 6.54 Å². The van der Waals surface area contributed by atoms with Gasteiger partial charge in [-0.15, -0.1) is 0 Å². The smallest absolute Gasteiger partial charge is 0.0417 e. The van der Waals surface area contributed by atoms with Crippen molar-refractivity contribution in [3.8, 4) is 0 Å². The predicted octanol–water partition coefficient (Wildman–Crippen LogP) is 3.91. The highest BCUT2D eigenvalue weighted by atomic mass is 79.9. The molecule has 3 nitrogen and oxygen atoms in total. The minimum absolute atomic E-state index is 0.679. The van der Waals surface area contributed by atoms with Gasteiger partial charge >= 0.3 is 0 Å². The number of rotatable bonds is 9. The molecule has 0 aliphatic rings. The van der Waals surface area contributed by atoms with Gasteiger partial charge in [0.2, 0.25) is 0 Å². The van der Waals surface area contributed by atoms with Crippen molar-refractivity contribution in [3.63, 3.8) is 0 Å². The zero-order valence-electron chi connectivity index (χ0n) is 13.6. The first-order valence-electron chi connectivity index (χ1n) is 8.02. The summed E-state index contributed by atoms with van der Waals surface area (Å²) in [7, 11) is 0. The third-order valence-corrected chi connectivity index (χ3v) is 4.42. The van der Waals surface area contributed by atoms with Crippen molar-refractivity contribution in [2.45, 2.75) is 6.54 Å². The number of hydrogen-bond donors (Lipinski definition) is 3. The largest absolute Gasteiger partial charge is 0.329 e. The van der Waals surface area contributed by atoms with Gasteiger partial charge in [-0.25, -0.2) is 0 Å². The van der Waals surface area contributed by atoms with Gasteiger partial charge in [0.25, 0.3) is 0 Å². The van der Waals surface area contributed by atoms with Crippen LogP contribution in [0.15, 0.2) is 46.9 Å². The van der Waals surface area contributed by atoms with Crippen LogP contribution >= 0.6 is 27.5 Å². The number of nitrogens with two attached hydrogens (primary N) is 1. The summed E-state index contributed by atoms with van der Waals surface area (Å²) in [5.74, 6) is 0. The summed E-state index contributed by atoms with van der Waals surface area (Å²) in [5, 5.41) is 7.42. The lowest BCUT2D eigenvalue weighted by atomic mass is 10.1. The molecule has 0 aliphatic carbocycles. The molecule has 2 aromatic rings. The quantitative estimate of drug-likeness (QED) is 0.435. The highest BCUT2D eigenvalue weighted by Gasteiger charge is 1.98. The standard InChI is InChI=1S/C19H23BrClN3/c20-19-13-18(21)7-6-17(19)5-4-15-2-1-3-16(12-15)14-24-11-10-23-9-8-22/h1-7,12-13,23-24H,8-11,14,22H2. The van der Waals surface area contributed by atoms with Gasteiger partial charge in [0.15, 0.2) is 0 Å². The molecule has 24 heavy (non-hydrogen) atoms. The van der Waals surface area contributed by atoms with Crippen molar-refractivity contribution in [2.24, 2.45) is 5.73 Å². The molecule has 2 aromatic carbocycles. The van der Waals surface area contributed by atoms with Gasteiger partial charge in [-0.2, -0.15) is 0 Å². The van der Waals surface area contributed by atoms with Crippen LogP contribution in [-0.4, -0.2) is 26.2 Å². The molecule has 0 saturated carbocycles. The Morgan fingerprint density at radius 3 is 2.62 bits per heavy atom. The maximum Gasteiger partial charge on any atom is 0.0417 e. The molecule has 128 valence electrons. The van der Waals surface area contributed by atoms with Crippen LogP contribution in [0.3, 0.4) is 0 Å². The van der Waals surface area contributed by atoms with Gasteiger partial charge in [-0.3, -0.25) is 0 Å². The molecule has 0 heterocycles. The monoisotopic (exact) mass is 407 g/mol. The van der Waals surface area contributed by atoms with Crippen molar-refractivity contribution in [3.05, 3.63) is 68.7 Å².